The van der Waals surface area contributed by atoms with E-state index >= 15 is 0 Å². The average molecular weight is 225 g/mol. The number of hydrogen-bond donors (Lipinski definition) is 1. The lowest BCUT2D eigenvalue weighted by molar-refractivity contribution is 0.0456. The van der Waals surface area contributed by atoms with E-state index in [9.17, 15) is 0 Å². The summed E-state index contributed by atoms with van der Waals surface area (Å²) in [6, 6.07) is 4.33. The van der Waals surface area contributed by atoms with E-state index in [0.717, 1.165) is 39.0 Å². The third kappa shape index (κ3) is 3.30. The molecule has 2 heterocycles. The summed E-state index contributed by atoms with van der Waals surface area (Å²) in [5, 5.41) is 5.81. The Morgan fingerprint density at radius 1 is 1.47 bits per heavy atom. The molecule has 84 valence electrons. The fourth-order valence-corrected chi connectivity index (χ4v) is 2.65. The van der Waals surface area contributed by atoms with E-state index < -0.39 is 0 Å². The number of nitrogens with one attached hydrogen (secondary N) is 1. The van der Waals surface area contributed by atoms with E-state index in [4.69, 9.17) is 4.74 Å². The lowest BCUT2D eigenvalue weighted by Crippen LogP contribution is -2.47. The van der Waals surface area contributed by atoms with Crippen LogP contribution in [0.5, 0.6) is 0 Å². The summed E-state index contributed by atoms with van der Waals surface area (Å²) in [4.78, 5) is 1.47. The van der Waals surface area contributed by atoms with Gasteiger partial charge in [0.25, 0.3) is 0 Å². The predicted octanol–water partition coefficient (Wildman–Crippen LogP) is 2.45. The summed E-state index contributed by atoms with van der Waals surface area (Å²) < 4.78 is 5.38. The Bertz CT molecular complexity index is 278. The highest BCUT2D eigenvalue weighted by atomic mass is 32.1. The maximum Gasteiger partial charge on any atom is 0.0483 e. The smallest absolute Gasteiger partial charge is 0.0483 e. The quantitative estimate of drug-likeness (QED) is 0.850. The summed E-state index contributed by atoms with van der Waals surface area (Å²) in [5.74, 6) is 0. The van der Waals surface area contributed by atoms with Crippen molar-refractivity contribution in [3.8, 4) is 0 Å². The number of ether oxygens (including phenoxy) is 1. The normalized spacial score (nSPS) is 20.3. The molecule has 2 nitrogen and oxygen atoms in total. The maximum atomic E-state index is 5.38. The van der Waals surface area contributed by atoms with Gasteiger partial charge in [-0.05, 0) is 37.6 Å². The zero-order valence-electron chi connectivity index (χ0n) is 9.29. The van der Waals surface area contributed by atoms with Crippen molar-refractivity contribution in [2.24, 2.45) is 0 Å². The van der Waals surface area contributed by atoms with Crippen LogP contribution in [0.25, 0.3) is 0 Å². The highest BCUT2D eigenvalue weighted by Gasteiger charge is 2.25. The lowest BCUT2D eigenvalue weighted by Gasteiger charge is -2.34. The zero-order chi connectivity index (χ0) is 10.6. The van der Waals surface area contributed by atoms with Crippen molar-refractivity contribution in [2.45, 2.75) is 31.7 Å². The summed E-state index contributed by atoms with van der Waals surface area (Å²) in [7, 11) is 0. The molecule has 3 heteroatoms. The molecule has 0 bridgehead atoms. The Labute approximate surface area is 95.6 Å². The van der Waals surface area contributed by atoms with Gasteiger partial charge >= 0.3 is 0 Å². The molecule has 0 saturated carbocycles. The van der Waals surface area contributed by atoms with Crippen LogP contribution in [0.1, 0.15) is 24.6 Å². The molecular weight excluding hydrogens is 206 g/mol. The molecule has 0 radical (unpaired) electrons. The Kier molecular flexibility index (Phi) is 3.78. The standard InChI is InChI=1S/C12H19NOS/c1-12(5-8-14-9-6-12)13-7-4-11-3-2-10-15-11/h2-3,10,13H,4-9H2,1H3. The molecule has 15 heavy (non-hydrogen) atoms. The van der Waals surface area contributed by atoms with Crippen molar-refractivity contribution in [3.63, 3.8) is 0 Å². The van der Waals surface area contributed by atoms with E-state index in [1.165, 1.54) is 4.88 Å². The molecule has 1 aromatic rings. The minimum Gasteiger partial charge on any atom is -0.381 e. The molecule has 1 saturated heterocycles. The second-order valence-corrected chi connectivity index (χ2v) is 5.46. The van der Waals surface area contributed by atoms with Gasteiger partial charge in [0, 0.05) is 30.2 Å². The van der Waals surface area contributed by atoms with Crippen LogP contribution in [0, 0.1) is 0 Å². The van der Waals surface area contributed by atoms with Gasteiger partial charge in [-0.25, -0.2) is 0 Å². The minimum absolute atomic E-state index is 0.301. The number of hydrogen-bond acceptors (Lipinski definition) is 3. The molecule has 0 spiro atoms. The van der Waals surface area contributed by atoms with Crippen molar-refractivity contribution in [1.29, 1.82) is 0 Å². The summed E-state index contributed by atoms with van der Waals surface area (Å²) in [6.07, 6.45) is 3.42. The first-order valence-corrected chi connectivity index (χ1v) is 6.52. The predicted molar refractivity (Wildman–Crippen MR) is 64.5 cm³/mol. The van der Waals surface area contributed by atoms with E-state index in [1.54, 1.807) is 0 Å². The van der Waals surface area contributed by atoms with Gasteiger partial charge < -0.3 is 10.1 Å². The van der Waals surface area contributed by atoms with Gasteiger partial charge in [-0.15, -0.1) is 11.3 Å². The molecule has 2 rings (SSSR count). The summed E-state index contributed by atoms with van der Waals surface area (Å²) >= 11 is 1.84. The van der Waals surface area contributed by atoms with E-state index in [-0.39, 0.29) is 0 Å². The molecule has 0 aromatic carbocycles. The van der Waals surface area contributed by atoms with Crippen molar-refractivity contribution in [2.75, 3.05) is 19.8 Å². The first-order valence-electron chi connectivity index (χ1n) is 5.64. The van der Waals surface area contributed by atoms with Gasteiger partial charge in [0.05, 0.1) is 0 Å². The van der Waals surface area contributed by atoms with Gasteiger partial charge in [0.15, 0.2) is 0 Å². The molecule has 1 aliphatic rings. The first-order chi connectivity index (χ1) is 7.29. The Balaban J connectivity index is 1.72. The zero-order valence-corrected chi connectivity index (χ0v) is 10.1. The molecular formula is C12H19NOS. The minimum atomic E-state index is 0.301. The van der Waals surface area contributed by atoms with Crippen LogP contribution in [0.2, 0.25) is 0 Å². The third-order valence-electron chi connectivity index (χ3n) is 3.10. The molecule has 1 aliphatic heterocycles. The van der Waals surface area contributed by atoms with Crippen LogP contribution in [-0.4, -0.2) is 25.3 Å². The van der Waals surface area contributed by atoms with Crippen molar-refractivity contribution in [3.05, 3.63) is 22.4 Å². The summed E-state index contributed by atoms with van der Waals surface area (Å²) in [6.45, 7) is 5.20. The Morgan fingerprint density at radius 2 is 2.27 bits per heavy atom. The average Bonchev–Trinajstić information content (AvgIpc) is 2.71. The van der Waals surface area contributed by atoms with Crippen LogP contribution in [0.15, 0.2) is 17.5 Å². The molecule has 1 fully saturated rings. The lowest BCUT2D eigenvalue weighted by atomic mass is 9.92. The van der Waals surface area contributed by atoms with Gasteiger partial charge in [-0.3, -0.25) is 0 Å². The monoisotopic (exact) mass is 225 g/mol. The highest BCUT2D eigenvalue weighted by Crippen LogP contribution is 2.19. The first kappa shape index (κ1) is 11.1. The highest BCUT2D eigenvalue weighted by molar-refractivity contribution is 7.09. The number of rotatable bonds is 4. The second kappa shape index (κ2) is 5.10. The Hall–Kier alpha value is -0.380. The molecule has 0 unspecified atom stereocenters. The SMILES string of the molecule is CC1(NCCc2cccs2)CCOCC1. The van der Waals surface area contributed by atoms with Crippen LogP contribution in [0.4, 0.5) is 0 Å². The molecule has 0 amide bonds. The van der Waals surface area contributed by atoms with Crippen LogP contribution < -0.4 is 5.32 Å². The Morgan fingerprint density at radius 3 is 2.93 bits per heavy atom. The van der Waals surface area contributed by atoms with Gasteiger partial charge in [-0.1, -0.05) is 6.07 Å². The molecule has 0 atom stereocenters. The topological polar surface area (TPSA) is 21.3 Å². The molecule has 1 N–H and O–H groups in total. The second-order valence-electron chi connectivity index (χ2n) is 4.43. The molecule has 1 aromatic heterocycles. The van der Waals surface area contributed by atoms with Crippen molar-refractivity contribution in [1.82, 2.24) is 5.32 Å². The van der Waals surface area contributed by atoms with Gasteiger partial charge in [0.1, 0.15) is 0 Å². The summed E-state index contributed by atoms with van der Waals surface area (Å²) in [5.41, 5.74) is 0.301. The largest absolute Gasteiger partial charge is 0.381 e. The van der Waals surface area contributed by atoms with Crippen LogP contribution >= 0.6 is 11.3 Å². The molecule has 0 aliphatic carbocycles. The van der Waals surface area contributed by atoms with Crippen LogP contribution in [0.3, 0.4) is 0 Å². The fraction of sp³-hybridized carbons (Fsp3) is 0.667. The number of thiophene rings is 1. The van der Waals surface area contributed by atoms with Crippen molar-refractivity contribution < 1.29 is 4.74 Å². The fourth-order valence-electron chi connectivity index (χ4n) is 1.94. The van der Waals surface area contributed by atoms with E-state index in [0.29, 0.717) is 5.54 Å². The van der Waals surface area contributed by atoms with E-state index in [2.05, 4.69) is 29.8 Å². The van der Waals surface area contributed by atoms with Gasteiger partial charge in [-0.2, -0.15) is 0 Å². The third-order valence-corrected chi connectivity index (χ3v) is 4.04. The van der Waals surface area contributed by atoms with Crippen molar-refractivity contribution >= 4 is 11.3 Å². The van der Waals surface area contributed by atoms with Crippen LogP contribution in [-0.2, 0) is 11.2 Å². The van der Waals surface area contributed by atoms with Gasteiger partial charge in [0.2, 0.25) is 0 Å². The van der Waals surface area contributed by atoms with E-state index in [1.807, 2.05) is 11.3 Å². The maximum absolute atomic E-state index is 5.38.